The monoisotopic (exact) mass is 444 g/mol. The standard InChI is InChI=1S/C26H41FN4O/c1-4-26(2,3)19-10-11-21(18-19)30-14-16-31(17-15-30)23-13-12-22(29-24(23)27)25(32)28-20-8-6-5-7-9-20/h12-13,19-21H,4-11,14-18H2,1-3H3,(H,28,32). The number of halogens is 1. The maximum Gasteiger partial charge on any atom is 0.270 e. The molecule has 1 aromatic rings. The van der Waals surface area contributed by atoms with Crippen molar-refractivity contribution < 1.29 is 9.18 Å². The Morgan fingerprint density at radius 2 is 1.81 bits per heavy atom. The van der Waals surface area contributed by atoms with E-state index in [4.69, 9.17) is 0 Å². The van der Waals surface area contributed by atoms with Gasteiger partial charge in [-0.3, -0.25) is 9.69 Å². The van der Waals surface area contributed by atoms with Gasteiger partial charge in [-0.25, -0.2) is 4.98 Å². The average molecular weight is 445 g/mol. The van der Waals surface area contributed by atoms with E-state index in [9.17, 15) is 9.18 Å². The minimum Gasteiger partial charge on any atom is -0.365 e. The van der Waals surface area contributed by atoms with Crippen LogP contribution >= 0.6 is 0 Å². The van der Waals surface area contributed by atoms with Crippen LogP contribution in [-0.2, 0) is 0 Å². The first-order chi connectivity index (χ1) is 15.4. The van der Waals surface area contributed by atoms with Gasteiger partial charge in [0.15, 0.2) is 0 Å². The molecule has 1 saturated heterocycles. The zero-order valence-corrected chi connectivity index (χ0v) is 20.2. The maximum absolute atomic E-state index is 14.8. The Morgan fingerprint density at radius 1 is 1.09 bits per heavy atom. The van der Waals surface area contributed by atoms with E-state index in [2.05, 4.69) is 40.9 Å². The largest absolute Gasteiger partial charge is 0.365 e. The maximum atomic E-state index is 14.8. The summed E-state index contributed by atoms with van der Waals surface area (Å²) in [4.78, 5) is 21.2. The third kappa shape index (κ3) is 5.27. The van der Waals surface area contributed by atoms with Crippen LogP contribution in [0.25, 0.3) is 0 Å². The van der Waals surface area contributed by atoms with Gasteiger partial charge < -0.3 is 10.2 Å². The molecule has 3 aliphatic rings. The molecule has 1 aliphatic heterocycles. The molecule has 2 heterocycles. The minimum absolute atomic E-state index is 0.186. The number of aromatic nitrogens is 1. The number of carbonyl (C=O) groups excluding carboxylic acids is 1. The van der Waals surface area contributed by atoms with Gasteiger partial charge in [-0.1, -0.05) is 46.5 Å². The van der Waals surface area contributed by atoms with E-state index in [1.807, 2.05) is 0 Å². The van der Waals surface area contributed by atoms with Crippen molar-refractivity contribution in [3.8, 4) is 0 Å². The second kappa shape index (κ2) is 10.1. The Labute approximate surface area is 193 Å². The second-order valence-electron chi connectivity index (χ2n) is 10.8. The molecule has 6 heteroatoms. The smallest absolute Gasteiger partial charge is 0.270 e. The van der Waals surface area contributed by atoms with Gasteiger partial charge in [0, 0.05) is 38.3 Å². The molecule has 32 heavy (non-hydrogen) atoms. The van der Waals surface area contributed by atoms with Crippen LogP contribution in [0.1, 0.15) is 89.0 Å². The molecular weight excluding hydrogens is 403 g/mol. The number of hydrogen-bond acceptors (Lipinski definition) is 4. The van der Waals surface area contributed by atoms with Crippen molar-refractivity contribution >= 4 is 11.6 Å². The Hall–Kier alpha value is -1.69. The lowest BCUT2D eigenvalue weighted by atomic mass is 9.76. The van der Waals surface area contributed by atoms with E-state index in [-0.39, 0.29) is 17.6 Å². The van der Waals surface area contributed by atoms with Crippen molar-refractivity contribution in [2.24, 2.45) is 11.3 Å². The van der Waals surface area contributed by atoms with Gasteiger partial charge >= 0.3 is 0 Å². The molecule has 178 valence electrons. The van der Waals surface area contributed by atoms with Crippen molar-refractivity contribution in [1.82, 2.24) is 15.2 Å². The lowest BCUT2D eigenvalue weighted by molar-refractivity contribution is 0.0921. The van der Waals surface area contributed by atoms with Crippen LogP contribution < -0.4 is 10.2 Å². The molecule has 1 N–H and O–H groups in total. The van der Waals surface area contributed by atoms with Crippen LogP contribution in [0.3, 0.4) is 0 Å². The molecule has 0 radical (unpaired) electrons. The third-order valence-corrected chi connectivity index (χ3v) is 8.59. The SMILES string of the molecule is CCC(C)(C)C1CCC(N2CCN(c3ccc(C(=O)NC4CCCCC4)nc3F)CC2)C1. The number of piperazine rings is 1. The molecule has 0 aromatic carbocycles. The average Bonchev–Trinajstić information content (AvgIpc) is 3.31. The van der Waals surface area contributed by atoms with Crippen molar-refractivity contribution in [3.63, 3.8) is 0 Å². The van der Waals surface area contributed by atoms with Gasteiger partial charge in [0.25, 0.3) is 5.91 Å². The topological polar surface area (TPSA) is 48.5 Å². The summed E-state index contributed by atoms with van der Waals surface area (Å²) in [7, 11) is 0. The molecule has 2 aliphatic carbocycles. The van der Waals surface area contributed by atoms with E-state index in [0.717, 1.165) is 57.8 Å². The van der Waals surface area contributed by atoms with Crippen LogP contribution in [0, 0.1) is 17.3 Å². The molecule has 0 spiro atoms. The van der Waals surface area contributed by atoms with E-state index in [1.54, 1.807) is 12.1 Å². The summed E-state index contributed by atoms with van der Waals surface area (Å²) in [6, 6.07) is 4.29. The van der Waals surface area contributed by atoms with Gasteiger partial charge in [-0.2, -0.15) is 4.39 Å². The number of rotatable bonds is 6. The molecule has 4 rings (SSSR count). The van der Waals surface area contributed by atoms with Gasteiger partial charge in [0.2, 0.25) is 5.95 Å². The molecular formula is C26H41FN4O. The highest BCUT2D eigenvalue weighted by Crippen LogP contribution is 2.43. The molecule has 1 aromatic heterocycles. The lowest BCUT2D eigenvalue weighted by Crippen LogP contribution is -2.50. The van der Waals surface area contributed by atoms with E-state index in [1.165, 1.54) is 32.1 Å². The number of anilines is 1. The van der Waals surface area contributed by atoms with Crippen molar-refractivity contribution in [3.05, 3.63) is 23.8 Å². The van der Waals surface area contributed by atoms with E-state index < -0.39 is 5.95 Å². The number of hydrogen-bond donors (Lipinski definition) is 1. The van der Waals surface area contributed by atoms with Crippen molar-refractivity contribution in [2.45, 2.75) is 90.6 Å². The van der Waals surface area contributed by atoms with E-state index >= 15 is 0 Å². The van der Waals surface area contributed by atoms with Crippen LogP contribution in [-0.4, -0.2) is 54.1 Å². The predicted molar refractivity (Wildman–Crippen MR) is 128 cm³/mol. The Morgan fingerprint density at radius 3 is 2.47 bits per heavy atom. The zero-order chi connectivity index (χ0) is 22.7. The van der Waals surface area contributed by atoms with Crippen molar-refractivity contribution in [2.75, 3.05) is 31.1 Å². The number of carbonyl (C=O) groups is 1. The third-order valence-electron chi connectivity index (χ3n) is 8.59. The summed E-state index contributed by atoms with van der Waals surface area (Å²) in [5.41, 5.74) is 1.14. The summed E-state index contributed by atoms with van der Waals surface area (Å²) in [5.74, 6) is 0.0304. The Kier molecular flexibility index (Phi) is 7.38. The highest BCUT2D eigenvalue weighted by Gasteiger charge is 2.38. The molecule has 2 atom stereocenters. The Bertz CT molecular complexity index is 784. The first-order valence-electron chi connectivity index (χ1n) is 12.8. The summed E-state index contributed by atoms with van der Waals surface area (Å²) < 4.78 is 14.8. The Balaban J connectivity index is 1.30. The normalized spacial score (nSPS) is 25.8. The quantitative estimate of drug-likeness (QED) is 0.627. The van der Waals surface area contributed by atoms with E-state index in [0.29, 0.717) is 17.1 Å². The van der Waals surface area contributed by atoms with Gasteiger partial charge in [0.05, 0.1) is 5.69 Å². The zero-order valence-electron chi connectivity index (χ0n) is 20.2. The summed E-state index contributed by atoms with van der Waals surface area (Å²) in [5, 5.41) is 3.03. The summed E-state index contributed by atoms with van der Waals surface area (Å²) in [6.07, 6.45) is 10.7. The molecule has 0 bridgehead atoms. The molecule has 2 unspecified atom stereocenters. The van der Waals surface area contributed by atoms with Crippen LogP contribution in [0.5, 0.6) is 0 Å². The molecule has 1 amide bonds. The second-order valence-corrected chi connectivity index (χ2v) is 10.8. The molecule has 3 fully saturated rings. The minimum atomic E-state index is -0.527. The van der Waals surface area contributed by atoms with Crippen LogP contribution in [0.4, 0.5) is 10.1 Å². The summed E-state index contributed by atoms with van der Waals surface area (Å²) >= 11 is 0. The predicted octanol–water partition coefficient (Wildman–Crippen LogP) is 5.01. The number of nitrogens with zero attached hydrogens (tertiary/aromatic N) is 3. The number of pyridine rings is 1. The van der Waals surface area contributed by atoms with Gasteiger partial charge in [-0.05, 0) is 55.6 Å². The molecule has 2 saturated carbocycles. The fraction of sp³-hybridized carbons (Fsp3) is 0.769. The summed E-state index contributed by atoms with van der Waals surface area (Å²) in [6.45, 7) is 10.7. The van der Waals surface area contributed by atoms with Crippen LogP contribution in [0.2, 0.25) is 0 Å². The highest BCUT2D eigenvalue weighted by atomic mass is 19.1. The number of nitrogens with one attached hydrogen (secondary N) is 1. The van der Waals surface area contributed by atoms with Gasteiger partial charge in [-0.15, -0.1) is 0 Å². The van der Waals surface area contributed by atoms with Crippen molar-refractivity contribution in [1.29, 1.82) is 0 Å². The fourth-order valence-electron chi connectivity index (χ4n) is 5.91. The fourth-order valence-corrected chi connectivity index (χ4v) is 5.91. The first kappa shape index (κ1) is 23.5. The highest BCUT2D eigenvalue weighted by molar-refractivity contribution is 5.92. The number of amides is 1. The lowest BCUT2D eigenvalue weighted by Gasteiger charge is -2.39. The van der Waals surface area contributed by atoms with Gasteiger partial charge in [0.1, 0.15) is 5.69 Å². The first-order valence-corrected chi connectivity index (χ1v) is 12.8. The molecule has 5 nitrogen and oxygen atoms in total. The van der Waals surface area contributed by atoms with Crippen LogP contribution in [0.15, 0.2) is 12.1 Å².